The van der Waals surface area contributed by atoms with Crippen molar-refractivity contribution in [2.75, 3.05) is 52.7 Å². The zero-order valence-electron chi connectivity index (χ0n) is 13.4. The average Bonchev–Trinajstić information content (AvgIpc) is 3.01. The summed E-state index contributed by atoms with van der Waals surface area (Å²) in [5.41, 5.74) is 0. The summed E-state index contributed by atoms with van der Waals surface area (Å²) in [6, 6.07) is 5.76. The van der Waals surface area contributed by atoms with Crippen LogP contribution in [0.2, 0.25) is 0 Å². The maximum atomic E-state index is 5.81. The summed E-state index contributed by atoms with van der Waals surface area (Å²) in [6.07, 6.45) is 2.31. The Labute approximate surface area is 132 Å². The topological polar surface area (TPSA) is 34.2 Å². The molecule has 0 atom stereocenters. The van der Waals surface area contributed by atoms with Crippen LogP contribution in [0.25, 0.3) is 0 Å². The van der Waals surface area contributed by atoms with Crippen LogP contribution in [-0.4, -0.2) is 62.5 Å². The standard InChI is InChI=1S/C17H26N2O3/c1-2-6-18-8-10-19(11-9-18)7-3-12-20-15-4-5-16-17(13-15)22-14-21-16/h4-5,13H,2-3,6-12,14H2,1H3. The van der Waals surface area contributed by atoms with Crippen LogP contribution < -0.4 is 14.2 Å². The van der Waals surface area contributed by atoms with E-state index in [-0.39, 0.29) is 0 Å². The molecule has 5 nitrogen and oxygen atoms in total. The largest absolute Gasteiger partial charge is 0.493 e. The van der Waals surface area contributed by atoms with E-state index in [1.165, 1.54) is 39.1 Å². The molecule has 0 saturated carbocycles. The van der Waals surface area contributed by atoms with E-state index in [0.717, 1.165) is 36.8 Å². The molecule has 2 heterocycles. The van der Waals surface area contributed by atoms with Gasteiger partial charge in [0.15, 0.2) is 11.5 Å². The van der Waals surface area contributed by atoms with Crippen LogP contribution in [0.3, 0.4) is 0 Å². The van der Waals surface area contributed by atoms with Gasteiger partial charge in [0.05, 0.1) is 6.61 Å². The first-order valence-electron chi connectivity index (χ1n) is 8.32. The van der Waals surface area contributed by atoms with Crippen molar-refractivity contribution in [3.8, 4) is 17.2 Å². The lowest BCUT2D eigenvalue weighted by Gasteiger charge is -2.34. The van der Waals surface area contributed by atoms with Crippen LogP contribution in [0.5, 0.6) is 17.2 Å². The van der Waals surface area contributed by atoms with Gasteiger partial charge in [-0.05, 0) is 31.5 Å². The molecular formula is C17H26N2O3. The lowest BCUT2D eigenvalue weighted by atomic mass is 10.2. The third-order valence-electron chi connectivity index (χ3n) is 4.24. The summed E-state index contributed by atoms with van der Waals surface area (Å²) in [7, 11) is 0. The zero-order chi connectivity index (χ0) is 15.2. The van der Waals surface area contributed by atoms with Crippen molar-refractivity contribution in [1.29, 1.82) is 0 Å². The summed E-state index contributed by atoms with van der Waals surface area (Å²) < 4.78 is 16.5. The molecule has 1 fully saturated rings. The van der Waals surface area contributed by atoms with Crippen LogP contribution in [0.15, 0.2) is 18.2 Å². The van der Waals surface area contributed by atoms with E-state index in [2.05, 4.69) is 16.7 Å². The molecule has 0 aliphatic carbocycles. The molecule has 0 radical (unpaired) electrons. The fourth-order valence-electron chi connectivity index (χ4n) is 3.00. The van der Waals surface area contributed by atoms with Crippen molar-refractivity contribution in [1.82, 2.24) is 9.80 Å². The van der Waals surface area contributed by atoms with Crippen LogP contribution in [0.4, 0.5) is 0 Å². The van der Waals surface area contributed by atoms with Crippen LogP contribution in [0.1, 0.15) is 19.8 Å². The minimum atomic E-state index is 0.308. The average molecular weight is 306 g/mol. The van der Waals surface area contributed by atoms with Crippen molar-refractivity contribution >= 4 is 0 Å². The maximum absolute atomic E-state index is 5.81. The number of rotatable bonds is 7. The predicted molar refractivity (Wildman–Crippen MR) is 85.8 cm³/mol. The Bertz CT molecular complexity index is 473. The van der Waals surface area contributed by atoms with Crippen molar-refractivity contribution in [3.05, 3.63) is 18.2 Å². The van der Waals surface area contributed by atoms with Gasteiger partial charge in [0.2, 0.25) is 6.79 Å². The highest BCUT2D eigenvalue weighted by Gasteiger charge is 2.16. The fraction of sp³-hybridized carbons (Fsp3) is 0.647. The number of hydrogen-bond acceptors (Lipinski definition) is 5. The van der Waals surface area contributed by atoms with E-state index in [1.54, 1.807) is 0 Å². The summed E-state index contributed by atoms with van der Waals surface area (Å²) >= 11 is 0. The van der Waals surface area contributed by atoms with Gasteiger partial charge in [-0.25, -0.2) is 0 Å². The number of ether oxygens (including phenoxy) is 3. The molecule has 0 aromatic heterocycles. The molecule has 0 N–H and O–H groups in total. The summed E-state index contributed by atoms with van der Waals surface area (Å²) in [6.45, 7) is 10.4. The Morgan fingerprint density at radius 2 is 1.73 bits per heavy atom. The lowest BCUT2D eigenvalue weighted by Crippen LogP contribution is -2.46. The van der Waals surface area contributed by atoms with E-state index in [0.29, 0.717) is 6.79 Å². The molecule has 1 saturated heterocycles. The molecule has 0 bridgehead atoms. The molecule has 2 aliphatic heterocycles. The second kappa shape index (κ2) is 7.70. The minimum absolute atomic E-state index is 0.308. The van der Waals surface area contributed by atoms with Crippen molar-refractivity contribution < 1.29 is 14.2 Å². The van der Waals surface area contributed by atoms with Gasteiger partial charge in [0.1, 0.15) is 5.75 Å². The van der Waals surface area contributed by atoms with E-state index in [1.807, 2.05) is 18.2 Å². The van der Waals surface area contributed by atoms with Gasteiger partial charge in [-0.15, -0.1) is 0 Å². The van der Waals surface area contributed by atoms with Gasteiger partial charge < -0.3 is 24.0 Å². The minimum Gasteiger partial charge on any atom is -0.493 e. The summed E-state index contributed by atoms with van der Waals surface area (Å²) in [5, 5.41) is 0. The van der Waals surface area contributed by atoms with Gasteiger partial charge in [-0.3, -0.25) is 0 Å². The highest BCUT2D eigenvalue weighted by Crippen LogP contribution is 2.35. The van der Waals surface area contributed by atoms with E-state index >= 15 is 0 Å². The molecule has 3 rings (SSSR count). The van der Waals surface area contributed by atoms with Gasteiger partial charge in [-0.2, -0.15) is 0 Å². The Morgan fingerprint density at radius 1 is 1.00 bits per heavy atom. The molecule has 2 aliphatic rings. The maximum Gasteiger partial charge on any atom is 0.231 e. The first-order valence-corrected chi connectivity index (χ1v) is 8.32. The van der Waals surface area contributed by atoms with Crippen molar-refractivity contribution in [2.24, 2.45) is 0 Å². The molecule has 5 heteroatoms. The molecule has 0 amide bonds. The predicted octanol–water partition coefficient (Wildman–Crippen LogP) is 2.21. The first kappa shape index (κ1) is 15.4. The molecule has 122 valence electrons. The number of benzene rings is 1. The second-order valence-electron chi connectivity index (χ2n) is 5.90. The van der Waals surface area contributed by atoms with Gasteiger partial charge in [0, 0.05) is 38.8 Å². The third-order valence-corrected chi connectivity index (χ3v) is 4.24. The summed E-state index contributed by atoms with van der Waals surface area (Å²) in [4.78, 5) is 5.09. The number of hydrogen-bond donors (Lipinski definition) is 0. The highest BCUT2D eigenvalue weighted by atomic mass is 16.7. The van der Waals surface area contributed by atoms with Gasteiger partial charge in [-0.1, -0.05) is 6.92 Å². The monoisotopic (exact) mass is 306 g/mol. The second-order valence-corrected chi connectivity index (χ2v) is 5.90. The normalized spacial score (nSPS) is 18.6. The highest BCUT2D eigenvalue weighted by molar-refractivity contribution is 5.46. The lowest BCUT2D eigenvalue weighted by molar-refractivity contribution is 0.126. The SMILES string of the molecule is CCCN1CCN(CCCOc2ccc3c(c2)OCO3)CC1. The first-order chi connectivity index (χ1) is 10.8. The van der Waals surface area contributed by atoms with Crippen LogP contribution in [-0.2, 0) is 0 Å². The van der Waals surface area contributed by atoms with Gasteiger partial charge in [0.25, 0.3) is 0 Å². The fourth-order valence-corrected chi connectivity index (χ4v) is 3.00. The van der Waals surface area contributed by atoms with Crippen LogP contribution in [0, 0.1) is 0 Å². The number of piperazine rings is 1. The molecule has 0 unspecified atom stereocenters. The van der Waals surface area contributed by atoms with Crippen molar-refractivity contribution in [2.45, 2.75) is 19.8 Å². The van der Waals surface area contributed by atoms with Crippen molar-refractivity contribution in [3.63, 3.8) is 0 Å². The molecule has 1 aromatic rings. The van der Waals surface area contributed by atoms with Crippen LogP contribution >= 0.6 is 0 Å². The van der Waals surface area contributed by atoms with E-state index < -0.39 is 0 Å². The summed E-state index contributed by atoms with van der Waals surface area (Å²) in [5.74, 6) is 2.44. The Kier molecular flexibility index (Phi) is 5.40. The smallest absolute Gasteiger partial charge is 0.231 e. The number of fused-ring (bicyclic) bond motifs is 1. The zero-order valence-corrected chi connectivity index (χ0v) is 13.4. The van der Waals surface area contributed by atoms with E-state index in [4.69, 9.17) is 14.2 Å². The Hall–Kier alpha value is -1.46. The number of nitrogens with zero attached hydrogens (tertiary/aromatic N) is 2. The third kappa shape index (κ3) is 4.05. The Morgan fingerprint density at radius 3 is 2.50 bits per heavy atom. The molecule has 0 spiro atoms. The molecule has 1 aromatic carbocycles. The molecule has 22 heavy (non-hydrogen) atoms. The van der Waals surface area contributed by atoms with E-state index in [9.17, 15) is 0 Å². The molecular weight excluding hydrogens is 280 g/mol. The van der Waals surface area contributed by atoms with Gasteiger partial charge >= 0.3 is 0 Å². The Balaban J connectivity index is 1.33. The quantitative estimate of drug-likeness (QED) is 0.722.